The molecule has 1 aliphatic heterocycles. The normalized spacial score (nSPS) is 35.7. The summed E-state index contributed by atoms with van der Waals surface area (Å²) in [6, 6.07) is 0. The van der Waals surface area contributed by atoms with Crippen molar-refractivity contribution in [3.05, 3.63) is 12.2 Å². The van der Waals surface area contributed by atoms with Crippen LogP contribution in [0.1, 0.15) is 19.8 Å². The highest BCUT2D eigenvalue weighted by Gasteiger charge is 2.69. The zero-order valence-corrected chi connectivity index (χ0v) is 13.9. The van der Waals surface area contributed by atoms with E-state index >= 15 is 0 Å². The van der Waals surface area contributed by atoms with E-state index in [4.69, 9.17) is 18.9 Å². The smallest absolute Gasteiger partial charge is 0.333 e. The van der Waals surface area contributed by atoms with Gasteiger partial charge in [0.25, 0.3) is 0 Å². The lowest BCUT2D eigenvalue weighted by Crippen LogP contribution is -2.42. The minimum Gasteiger partial charge on any atom is -0.469 e. The van der Waals surface area contributed by atoms with Crippen molar-refractivity contribution in [1.29, 1.82) is 0 Å². The maximum atomic E-state index is 12.0. The monoisotopic (exact) mass is 338 g/mol. The van der Waals surface area contributed by atoms with Crippen molar-refractivity contribution in [3.63, 3.8) is 0 Å². The van der Waals surface area contributed by atoms with Crippen molar-refractivity contribution in [2.45, 2.75) is 32.0 Å². The highest BCUT2D eigenvalue weighted by molar-refractivity contribution is 5.87. The van der Waals surface area contributed by atoms with E-state index in [-0.39, 0.29) is 48.5 Å². The van der Waals surface area contributed by atoms with Crippen LogP contribution in [-0.2, 0) is 33.3 Å². The van der Waals surface area contributed by atoms with Crippen LogP contribution in [0.15, 0.2) is 12.2 Å². The van der Waals surface area contributed by atoms with E-state index in [0.29, 0.717) is 18.6 Å². The van der Waals surface area contributed by atoms with Crippen LogP contribution < -0.4 is 0 Å². The molecular formula is C17H22O7. The quantitative estimate of drug-likeness (QED) is 0.294. The highest BCUT2D eigenvalue weighted by Crippen LogP contribution is 2.58. The lowest BCUT2D eigenvalue weighted by Gasteiger charge is -2.30. The third-order valence-electron chi connectivity index (χ3n) is 5.20. The number of carbonyl (C=O) groups excluding carboxylic acids is 3. The van der Waals surface area contributed by atoms with Gasteiger partial charge in [-0.1, -0.05) is 6.58 Å². The molecule has 6 atom stereocenters. The van der Waals surface area contributed by atoms with Crippen molar-refractivity contribution < 1.29 is 33.3 Å². The minimum absolute atomic E-state index is 0.0397. The highest BCUT2D eigenvalue weighted by atomic mass is 16.6. The van der Waals surface area contributed by atoms with Crippen LogP contribution in [-0.4, -0.2) is 50.4 Å². The molecule has 3 rings (SSSR count). The number of fused-ring (bicyclic) bond motifs is 1. The fourth-order valence-electron chi connectivity index (χ4n) is 4.24. The molecule has 0 N–H and O–H groups in total. The first-order chi connectivity index (χ1) is 11.5. The number of methoxy groups -OCH3 is 1. The topological polar surface area (TPSA) is 88.1 Å². The van der Waals surface area contributed by atoms with Gasteiger partial charge in [0, 0.05) is 23.8 Å². The Bertz CT molecular complexity index is 569. The Hall–Kier alpha value is -1.89. The Kier molecular flexibility index (Phi) is 4.62. The Morgan fingerprint density at radius 1 is 1.29 bits per heavy atom. The summed E-state index contributed by atoms with van der Waals surface area (Å²) in [4.78, 5) is 35.4. The standard InChI is InChI=1S/C17H22O7/c1-8(2)15(18)23-6-4-5-22-13-9-7-10-12(11(9)16(19)21-3)17(20)24-14(10)13/h9-14H,1,4-7H2,2-3H3. The van der Waals surface area contributed by atoms with E-state index in [1.54, 1.807) is 6.92 Å². The number of ether oxygens (including phenoxy) is 4. The summed E-state index contributed by atoms with van der Waals surface area (Å²) in [7, 11) is 1.33. The van der Waals surface area contributed by atoms with E-state index in [1.807, 2.05) is 0 Å². The summed E-state index contributed by atoms with van der Waals surface area (Å²) in [5.41, 5.74) is 0.355. The molecule has 7 nitrogen and oxygen atoms in total. The van der Waals surface area contributed by atoms with Crippen LogP contribution in [0.5, 0.6) is 0 Å². The van der Waals surface area contributed by atoms with E-state index < -0.39 is 11.9 Å². The third-order valence-corrected chi connectivity index (χ3v) is 5.20. The number of hydrogen-bond donors (Lipinski definition) is 0. The van der Waals surface area contributed by atoms with E-state index in [1.165, 1.54) is 7.11 Å². The maximum absolute atomic E-state index is 12.0. The second-order valence-electron chi connectivity index (χ2n) is 6.64. The van der Waals surface area contributed by atoms with Crippen molar-refractivity contribution in [3.8, 4) is 0 Å². The van der Waals surface area contributed by atoms with E-state index in [0.717, 1.165) is 6.42 Å². The number of carbonyl (C=O) groups is 3. The second-order valence-corrected chi connectivity index (χ2v) is 6.64. The van der Waals surface area contributed by atoms with Gasteiger partial charge in [-0.05, 0) is 13.3 Å². The molecule has 0 aromatic carbocycles. The zero-order chi connectivity index (χ0) is 17.4. The Morgan fingerprint density at radius 2 is 2.04 bits per heavy atom. The van der Waals surface area contributed by atoms with Gasteiger partial charge in [0.1, 0.15) is 6.10 Å². The molecule has 0 spiro atoms. The molecule has 24 heavy (non-hydrogen) atoms. The van der Waals surface area contributed by atoms with Gasteiger partial charge in [0.2, 0.25) is 0 Å². The molecule has 2 saturated carbocycles. The molecule has 132 valence electrons. The van der Waals surface area contributed by atoms with E-state index in [2.05, 4.69) is 6.58 Å². The summed E-state index contributed by atoms with van der Waals surface area (Å²) < 4.78 is 21.2. The van der Waals surface area contributed by atoms with Crippen LogP contribution in [0, 0.1) is 23.7 Å². The minimum atomic E-state index is -0.475. The summed E-state index contributed by atoms with van der Waals surface area (Å²) in [6.07, 6.45) is 0.709. The molecule has 0 radical (unpaired) electrons. The van der Waals surface area contributed by atoms with Crippen LogP contribution in [0.25, 0.3) is 0 Å². The summed E-state index contributed by atoms with van der Waals surface area (Å²) in [6.45, 7) is 5.70. The molecule has 6 unspecified atom stereocenters. The Balaban J connectivity index is 1.54. The van der Waals surface area contributed by atoms with Crippen LogP contribution in [0.4, 0.5) is 0 Å². The first kappa shape index (κ1) is 17.0. The van der Waals surface area contributed by atoms with Crippen LogP contribution in [0.3, 0.4) is 0 Å². The van der Waals surface area contributed by atoms with Crippen LogP contribution in [0.2, 0.25) is 0 Å². The fraction of sp³-hybridized carbons (Fsp3) is 0.706. The first-order valence-electron chi connectivity index (χ1n) is 8.18. The zero-order valence-electron chi connectivity index (χ0n) is 13.9. The third kappa shape index (κ3) is 2.70. The van der Waals surface area contributed by atoms with Gasteiger partial charge in [-0.25, -0.2) is 4.79 Å². The van der Waals surface area contributed by atoms with Gasteiger partial charge in [-0.15, -0.1) is 0 Å². The molecule has 2 aliphatic carbocycles. The molecule has 0 aromatic rings. The van der Waals surface area contributed by atoms with Crippen molar-refractivity contribution in [2.75, 3.05) is 20.3 Å². The molecule has 0 aromatic heterocycles. The SMILES string of the molecule is C=C(C)C(=O)OCCCOC1C2CC3C1OC(=O)C3C2C(=O)OC. The maximum Gasteiger partial charge on any atom is 0.333 e. The summed E-state index contributed by atoms with van der Waals surface area (Å²) >= 11 is 0. The van der Waals surface area contributed by atoms with Gasteiger partial charge in [0.15, 0.2) is 0 Å². The van der Waals surface area contributed by atoms with E-state index in [9.17, 15) is 14.4 Å². The molecule has 7 heteroatoms. The molecule has 1 saturated heterocycles. The largest absolute Gasteiger partial charge is 0.469 e. The predicted octanol–water partition coefficient (Wildman–Crippen LogP) is 0.861. The molecule has 1 heterocycles. The van der Waals surface area contributed by atoms with Crippen molar-refractivity contribution in [2.24, 2.45) is 23.7 Å². The predicted molar refractivity (Wildman–Crippen MR) is 80.6 cm³/mol. The van der Waals surface area contributed by atoms with Gasteiger partial charge >= 0.3 is 17.9 Å². The first-order valence-corrected chi connectivity index (χ1v) is 8.18. The summed E-state index contributed by atoms with van der Waals surface area (Å²) in [5.74, 6) is -1.98. The molecule has 3 fully saturated rings. The van der Waals surface area contributed by atoms with Crippen molar-refractivity contribution >= 4 is 17.9 Å². The molecular weight excluding hydrogens is 316 g/mol. The van der Waals surface area contributed by atoms with Crippen molar-refractivity contribution in [1.82, 2.24) is 0 Å². The average Bonchev–Trinajstić information content (AvgIpc) is 3.16. The van der Waals surface area contributed by atoms with Gasteiger partial charge in [-0.2, -0.15) is 0 Å². The average molecular weight is 338 g/mol. The molecule has 2 bridgehead atoms. The summed E-state index contributed by atoms with van der Waals surface area (Å²) in [5, 5.41) is 0. The second kappa shape index (κ2) is 6.55. The molecule has 0 amide bonds. The van der Waals surface area contributed by atoms with Gasteiger partial charge < -0.3 is 18.9 Å². The fourth-order valence-corrected chi connectivity index (χ4v) is 4.24. The van der Waals surface area contributed by atoms with Gasteiger partial charge in [0.05, 0.1) is 38.3 Å². The lowest BCUT2D eigenvalue weighted by atomic mass is 9.78. The lowest BCUT2D eigenvalue weighted by molar-refractivity contribution is -0.154. The van der Waals surface area contributed by atoms with Gasteiger partial charge in [-0.3, -0.25) is 9.59 Å². The Labute approximate surface area is 140 Å². The Morgan fingerprint density at radius 3 is 2.71 bits per heavy atom. The number of esters is 3. The van der Waals surface area contributed by atoms with Crippen LogP contribution >= 0.6 is 0 Å². The number of hydrogen-bond acceptors (Lipinski definition) is 7. The number of rotatable bonds is 7. The molecule has 3 aliphatic rings.